The Bertz CT molecular complexity index is 250. The molecule has 1 saturated carbocycles. The molecular weight excluding hydrogens is 188 g/mol. The number of nitrogens with zero attached hydrogens (tertiary/aromatic N) is 1. The fourth-order valence-electron chi connectivity index (χ4n) is 2.41. The number of nitrogens with two attached hydrogens (primary N) is 1. The minimum absolute atomic E-state index is 0.152. The Kier molecular flexibility index (Phi) is 4.33. The lowest BCUT2D eigenvalue weighted by Crippen LogP contribution is -2.37. The van der Waals surface area contributed by atoms with Gasteiger partial charge in [-0.15, -0.1) is 0 Å². The fourth-order valence-corrected chi connectivity index (χ4v) is 2.41. The Morgan fingerprint density at radius 1 is 1.53 bits per heavy atom. The zero-order chi connectivity index (χ0) is 11.4. The molecule has 0 bridgehead atoms. The molecule has 0 saturated heterocycles. The number of carbonyl (C=O) groups is 1. The molecule has 1 amide bonds. The first-order valence-corrected chi connectivity index (χ1v) is 5.65. The summed E-state index contributed by atoms with van der Waals surface area (Å²) in [4.78, 5) is 13.9. The van der Waals surface area contributed by atoms with Gasteiger partial charge < -0.3 is 10.6 Å². The third-order valence-electron chi connectivity index (χ3n) is 3.16. The number of carbonyl (C=O) groups excluding carboxylic acids is 1. The first-order valence-electron chi connectivity index (χ1n) is 5.65. The van der Waals surface area contributed by atoms with Gasteiger partial charge in [0.25, 0.3) is 0 Å². The molecule has 0 aliphatic heterocycles. The lowest BCUT2D eigenvalue weighted by molar-refractivity contribution is -0.134. The first kappa shape index (κ1) is 12.2. The molecule has 0 radical (unpaired) electrons. The van der Waals surface area contributed by atoms with Crippen LogP contribution in [-0.2, 0) is 4.79 Å². The third-order valence-corrected chi connectivity index (χ3v) is 3.16. The first-order chi connectivity index (χ1) is 7.06. The van der Waals surface area contributed by atoms with Crippen molar-refractivity contribution in [1.82, 2.24) is 4.90 Å². The van der Waals surface area contributed by atoms with Gasteiger partial charge in [-0.1, -0.05) is 18.6 Å². The Balaban J connectivity index is 2.55. The van der Waals surface area contributed by atoms with E-state index in [1.165, 1.54) is 0 Å². The van der Waals surface area contributed by atoms with Crippen molar-refractivity contribution >= 4 is 5.91 Å². The topological polar surface area (TPSA) is 46.3 Å². The molecule has 0 aromatic heterocycles. The molecule has 15 heavy (non-hydrogen) atoms. The van der Waals surface area contributed by atoms with Crippen LogP contribution in [0.5, 0.6) is 0 Å². The molecule has 1 aliphatic carbocycles. The summed E-state index contributed by atoms with van der Waals surface area (Å²) < 4.78 is 0. The van der Waals surface area contributed by atoms with E-state index < -0.39 is 0 Å². The average Bonchev–Trinajstić information content (AvgIpc) is 2.62. The molecule has 0 aromatic rings. The molecular formula is C12H22N2O. The Morgan fingerprint density at radius 2 is 2.20 bits per heavy atom. The van der Waals surface area contributed by atoms with E-state index in [2.05, 4.69) is 6.58 Å². The van der Waals surface area contributed by atoms with Crippen molar-refractivity contribution in [2.45, 2.75) is 26.2 Å². The molecule has 3 nitrogen and oxygen atoms in total. The van der Waals surface area contributed by atoms with Gasteiger partial charge in [-0.05, 0) is 32.2 Å². The van der Waals surface area contributed by atoms with E-state index in [9.17, 15) is 4.79 Å². The summed E-state index contributed by atoms with van der Waals surface area (Å²) in [5.41, 5.74) is 6.70. The Morgan fingerprint density at radius 3 is 2.73 bits per heavy atom. The van der Waals surface area contributed by atoms with Crippen LogP contribution < -0.4 is 5.73 Å². The van der Waals surface area contributed by atoms with Gasteiger partial charge in [0, 0.05) is 19.5 Å². The number of amides is 1. The Hall–Kier alpha value is -0.830. The molecule has 86 valence electrons. The van der Waals surface area contributed by atoms with Crippen molar-refractivity contribution in [2.75, 3.05) is 20.1 Å². The third kappa shape index (κ3) is 3.06. The van der Waals surface area contributed by atoms with Gasteiger partial charge in [0.2, 0.25) is 5.91 Å². The summed E-state index contributed by atoms with van der Waals surface area (Å²) in [5.74, 6) is 0.787. The van der Waals surface area contributed by atoms with E-state index >= 15 is 0 Å². The van der Waals surface area contributed by atoms with Gasteiger partial charge in [-0.2, -0.15) is 0 Å². The lowest BCUT2D eigenvalue weighted by Gasteiger charge is -2.24. The monoisotopic (exact) mass is 210 g/mol. The van der Waals surface area contributed by atoms with Gasteiger partial charge >= 0.3 is 0 Å². The van der Waals surface area contributed by atoms with Crippen molar-refractivity contribution in [1.29, 1.82) is 0 Å². The number of likely N-dealkylation sites (N-methyl/N-ethyl adjacent to an activating group) is 1. The van der Waals surface area contributed by atoms with Gasteiger partial charge in [-0.25, -0.2) is 0 Å². The Labute approximate surface area is 92.3 Å². The number of hydrogen-bond donors (Lipinski definition) is 1. The zero-order valence-electron chi connectivity index (χ0n) is 9.83. The van der Waals surface area contributed by atoms with Crippen LogP contribution in [0, 0.1) is 11.8 Å². The molecule has 0 aromatic carbocycles. The summed E-state index contributed by atoms with van der Waals surface area (Å²) in [5, 5.41) is 0. The predicted octanol–water partition coefficient (Wildman–Crippen LogP) is 1.40. The van der Waals surface area contributed by atoms with Crippen LogP contribution in [0.15, 0.2) is 12.2 Å². The maximum absolute atomic E-state index is 12.1. The van der Waals surface area contributed by atoms with E-state index in [0.717, 1.165) is 24.8 Å². The van der Waals surface area contributed by atoms with Crippen LogP contribution >= 0.6 is 0 Å². The smallest absolute Gasteiger partial charge is 0.226 e. The SMILES string of the molecule is C=C(C)CN(C)C(=O)C1CCCC1CN. The molecule has 1 aliphatic rings. The predicted molar refractivity (Wildman–Crippen MR) is 62.3 cm³/mol. The summed E-state index contributed by atoms with van der Waals surface area (Å²) in [6.07, 6.45) is 3.24. The van der Waals surface area contributed by atoms with Crippen molar-refractivity contribution in [2.24, 2.45) is 17.6 Å². The summed E-state index contributed by atoms with van der Waals surface area (Å²) in [7, 11) is 1.85. The highest BCUT2D eigenvalue weighted by molar-refractivity contribution is 5.79. The zero-order valence-corrected chi connectivity index (χ0v) is 9.83. The minimum atomic E-state index is 0.152. The highest BCUT2D eigenvalue weighted by atomic mass is 16.2. The minimum Gasteiger partial charge on any atom is -0.342 e. The summed E-state index contributed by atoms with van der Waals surface area (Å²) in [6, 6.07) is 0. The number of rotatable bonds is 4. The van der Waals surface area contributed by atoms with Crippen molar-refractivity contribution in [3.63, 3.8) is 0 Å². The van der Waals surface area contributed by atoms with Crippen LogP contribution in [0.3, 0.4) is 0 Å². The fraction of sp³-hybridized carbons (Fsp3) is 0.750. The number of hydrogen-bond acceptors (Lipinski definition) is 2. The second kappa shape index (κ2) is 5.31. The molecule has 3 heteroatoms. The van der Waals surface area contributed by atoms with Crippen LogP contribution in [0.2, 0.25) is 0 Å². The van der Waals surface area contributed by atoms with Crippen LogP contribution in [0.4, 0.5) is 0 Å². The van der Waals surface area contributed by atoms with E-state index in [1.54, 1.807) is 4.90 Å². The van der Waals surface area contributed by atoms with Gasteiger partial charge in [-0.3, -0.25) is 4.79 Å². The van der Waals surface area contributed by atoms with Gasteiger partial charge in [0.15, 0.2) is 0 Å². The van der Waals surface area contributed by atoms with Crippen LogP contribution in [-0.4, -0.2) is 30.9 Å². The molecule has 2 unspecified atom stereocenters. The van der Waals surface area contributed by atoms with Crippen LogP contribution in [0.1, 0.15) is 26.2 Å². The standard InChI is InChI=1S/C12H22N2O/c1-9(2)8-14(3)12(15)11-6-4-5-10(11)7-13/h10-11H,1,4-8,13H2,2-3H3. The summed E-state index contributed by atoms with van der Waals surface area (Å²) in [6.45, 7) is 7.06. The van der Waals surface area contributed by atoms with Crippen LogP contribution in [0.25, 0.3) is 0 Å². The molecule has 0 spiro atoms. The molecule has 1 rings (SSSR count). The van der Waals surface area contributed by atoms with Gasteiger partial charge in [0.05, 0.1) is 0 Å². The normalized spacial score (nSPS) is 25.3. The molecule has 0 heterocycles. The highest BCUT2D eigenvalue weighted by Crippen LogP contribution is 2.32. The van der Waals surface area contributed by atoms with E-state index in [4.69, 9.17) is 5.73 Å². The maximum Gasteiger partial charge on any atom is 0.226 e. The van der Waals surface area contributed by atoms with E-state index in [0.29, 0.717) is 19.0 Å². The highest BCUT2D eigenvalue weighted by Gasteiger charge is 2.33. The van der Waals surface area contributed by atoms with Crippen molar-refractivity contribution < 1.29 is 4.79 Å². The molecule has 1 fully saturated rings. The van der Waals surface area contributed by atoms with E-state index in [1.807, 2.05) is 14.0 Å². The maximum atomic E-state index is 12.1. The quantitative estimate of drug-likeness (QED) is 0.713. The molecule has 2 N–H and O–H groups in total. The van der Waals surface area contributed by atoms with E-state index in [-0.39, 0.29) is 11.8 Å². The summed E-state index contributed by atoms with van der Waals surface area (Å²) >= 11 is 0. The van der Waals surface area contributed by atoms with Gasteiger partial charge in [0.1, 0.15) is 0 Å². The lowest BCUT2D eigenvalue weighted by atomic mass is 9.95. The largest absolute Gasteiger partial charge is 0.342 e. The second-order valence-corrected chi connectivity index (χ2v) is 4.68. The van der Waals surface area contributed by atoms with Crippen molar-refractivity contribution in [3.8, 4) is 0 Å². The average molecular weight is 210 g/mol. The molecule has 2 atom stereocenters. The van der Waals surface area contributed by atoms with Crippen molar-refractivity contribution in [3.05, 3.63) is 12.2 Å². The second-order valence-electron chi connectivity index (χ2n) is 4.68.